The summed E-state index contributed by atoms with van der Waals surface area (Å²) in [6, 6.07) is 0. The van der Waals surface area contributed by atoms with E-state index in [1.54, 1.807) is 0 Å². The molecular weight excluding hydrogens is 260 g/mol. The molecule has 0 aromatic carbocycles. The molecule has 0 unspecified atom stereocenters. The van der Waals surface area contributed by atoms with E-state index in [9.17, 15) is 4.79 Å². The number of carbonyl (C=O) groups is 1. The normalized spacial score (nSPS) is 44.1. The smallest absolute Gasteiger partial charge is 0.226 e. The van der Waals surface area contributed by atoms with E-state index in [0.29, 0.717) is 11.8 Å². The van der Waals surface area contributed by atoms with Crippen LogP contribution in [0.4, 0.5) is 0 Å². The lowest BCUT2D eigenvalue weighted by Crippen LogP contribution is -2.56. The van der Waals surface area contributed by atoms with Crippen LogP contribution in [-0.4, -0.2) is 36.5 Å². The highest BCUT2D eigenvalue weighted by Gasteiger charge is 2.51. The number of nitrogens with one attached hydrogen (secondary N) is 1. The average Bonchev–Trinajstić information content (AvgIpc) is 2.47. The number of rotatable bonds is 2. The van der Waals surface area contributed by atoms with Crippen LogP contribution in [0, 0.1) is 29.6 Å². The lowest BCUT2D eigenvalue weighted by molar-refractivity contribution is -0.150. The number of nitrogens with zero attached hydrogens (tertiary/aromatic N) is 1. The fraction of sp³-hybridized carbons (Fsp3) is 0.944. The Balaban J connectivity index is 1.44. The van der Waals surface area contributed by atoms with E-state index in [0.717, 1.165) is 49.6 Å². The monoisotopic (exact) mass is 290 g/mol. The third kappa shape index (κ3) is 2.32. The van der Waals surface area contributed by atoms with Gasteiger partial charge in [-0.1, -0.05) is 0 Å². The number of amides is 1. The molecule has 4 aliphatic carbocycles. The van der Waals surface area contributed by atoms with E-state index in [-0.39, 0.29) is 5.54 Å². The fourth-order valence-electron chi connectivity index (χ4n) is 6.01. The van der Waals surface area contributed by atoms with Gasteiger partial charge in [0.1, 0.15) is 0 Å². The van der Waals surface area contributed by atoms with E-state index in [2.05, 4.69) is 24.2 Å². The Morgan fingerprint density at radius 1 is 1.00 bits per heavy atom. The topological polar surface area (TPSA) is 32.3 Å². The zero-order chi connectivity index (χ0) is 14.6. The van der Waals surface area contributed by atoms with Crippen LogP contribution in [0.1, 0.15) is 51.9 Å². The molecule has 21 heavy (non-hydrogen) atoms. The lowest BCUT2D eigenvalue weighted by Gasteiger charge is -2.54. The molecule has 5 rings (SSSR count). The molecule has 4 bridgehead atoms. The molecule has 4 saturated carbocycles. The van der Waals surface area contributed by atoms with Gasteiger partial charge < -0.3 is 10.2 Å². The Bertz CT molecular complexity index is 397. The van der Waals surface area contributed by atoms with Crippen LogP contribution < -0.4 is 5.32 Å². The van der Waals surface area contributed by atoms with Crippen molar-refractivity contribution >= 4 is 5.91 Å². The third-order valence-electron chi connectivity index (χ3n) is 7.29. The van der Waals surface area contributed by atoms with Crippen LogP contribution in [0.25, 0.3) is 0 Å². The van der Waals surface area contributed by atoms with Crippen molar-refractivity contribution < 1.29 is 4.79 Å². The number of hydrogen-bond acceptors (Lipinski definition) is 2. The molecule has 0 radical (unpaired) electrons. The van der Waals surface area contributed by atoms with Crippen LogP contribution >= 0.6 is 0 Å². The van der Waals surface area contributed by atoms with Gasteiger partial charge in [0.2, 0.25) is 5.91 Å². The van der Waals surface area contributed by atoms with Gasteiger partial charge in [0.05, 0.1) is 0 Å². The van der Waals surface area contributed by atoms with Gasteiger partial charge in [-0.3, -0.25) is 4.79 Å². The van der Waals surface area contributed by atoms with Crippen molar-refractivity contribution in [3.05, 3.63) is 0 Å². The van der Waals surface area contributed by atoms with Gasteiger partial charge in [0, 0.05) is 24.5 Å². The molecule has 3 nitrogen and oxygen atoms in total. The highest BCUT2D eigenvalue weighted by Crippen LogP contribution is 2.57. The van der Waals surface area contributed by atoms with Gasteiger partial charge in [-0.2, -0.15) is 0 Å². The average molecular weight is 290 g/mol. The number of carbonyl (C=O) groups excluding carboxylic acids is 1. The predicted octanol–water partition coefficient (Wildman–Crippen LogP) is 2.66. The molecule has 3 heteroatoms. The Hall–Kier alpha value is -0.570. The molecule has 0 spiro atoms. The maximum Gasteiger partial charge on any atom is 0.226 e. The Labute approximate surface area is 128 Å². The minimum absolute atomic E-state index is 0.237. The minimum atomic E-state index is 0.237. The first kappa shape index (κ1) is 14.0. The predicted molar refractivity (Wildman–Crippen MR) is 83.8 cm³/mol. The molecule has 5 aliphatic rings. The van der Waals surface area contributed by atoms with Crippen molar-refractivity contribution in [2.75, 3.05) is 20.1 Å². The molecule has 1 N–H and O–H groups in total. The van der Waals surface area contributed by atoms with E-state index >= 15 is 0 Å². The number of likely N-dealkylation sites (tertiary alicyclic amines) is 1. The largest absolute Gasteiger partial charge is 0.342 e. The fourth-order valence-corrected chi connectivity index (χ4v) is 6.01. The van der Waals surface area contributed by atoms with Crippen LogP contribution in [-0.2, 0) is 4.79 Å². The van der Waals surface area contributed by atoms with Crippen LogP contribution in [0.15, 0.2) is 0 Å². The number of hydrogen-bond donors (Lipinski definition) is 1. The first-order valence-electron chi connectivity index (χ1n) is 9.06. The standard InChI is InChI=1S/C18H30N2O/c1-18(19-2)3-5-20(6-4-18)17(21)16-14-8-12-7-13(10-14)11-15(16)9-12/h12-16,19H,3-11H2,1-2H3. The molecule has 0 atom stereocenters. The van der Waals surface area contributed by atoms with Crippen molar-refractivity contribution in [1.29, 1.82) is 0 Å². The number of piperidine rings is 1. The van der Waals surface area contributed by atoms with Crippen molar-refractivity contribution in [3.63, 3.8) is 0 Å². The Morgan fingerprint density at radius 3 is 2.00 bits per heavy atom. The zero-order valence-corrected chi connectivity index (χ0v) is 13.6. The second-order valence-corrected chi connectivity index (χ2v) is 8.59. The first-order valence-corrected chi connectivity index (χ1v) is 9.06. The molecule has 0 aromatic rings. The Kier molecular flexibility index (Phi) is 3.33. The summed E-state index contributed by atoms with van der Waals surface area (Å²) in [6.07, 6.45) is 9.08. The second-order valence-electron chi connectivity index (χ2n) is 8.59. The molecule has 1 aliphatic heterocycles. The van der Waals surface area contributed by atoms with Crippen molar-refractivity contribution in [2.45, 2.75) is 57.4 Å². The minimum Gasteiger partial charge on any atom is -0.342 e. The van der Waals surface area contributed by atoms with Crippen LogP contribution in [0.5, 0.6) is 0 Å². The van der Waals surface area contributed by atoms with Gasteiger partial charge in [-0.25, -0.2) is 0 Å². The molecule has 5 fully saturated rings. The molecule has 1 saturated heterocycles. The Morgan fingerprint density at radius 2 is 1.52 bits per heavy atom. The highest BCUT2D eigenvalue weighted by molar-refractivity contribution is 5.80. The van der Waals surface area contributed by atoms with Crippen LogP contribution in [0.2, 0.25) is 0 Å². The van der Waals surface area contributed by atoms with Gasteiger partial charge in [0.15, 0.2) is 0 Å². The van der Waals surface area contributed by atoms with Crippen LogP contribution in [0.3, 0.4) is 0 Å². The van der Waals surface area contributed by atoms with E-state index in [1.807, 2.05) is 0 Å². The molecule has 118 valence electrons. The van der Waals surface area contributed by atoms with Gasteiger partial charge in [-0.15, -0.1) is 0 Å². The van der Waals surface area contributed by atoms with Gasteiger partial charge in [0.25, 0.3) is 0 Å². The SMILES string of the molecule is CNC1(C)CCN(C(=O)C2C3CC4CC(C3)CC2C4)CC1. The molecular formula is C18H30N2O. The molecule has 1 amide bonds. The van der Waals surface area contributed by atoms with Crippen molar-refractivity contribution in [1.82, 2.24) is 10.2 Å². The summed E-state index contributed by atoms with van der Waals surface area (Å²) in [4.78, 5) is 15.3. The third-order valence-corrected chi connectivity index (χ3v) is 7.29. The molecule has 1 heterocycles. The maximum absolute atomic E-state index is 13.1. The summed E-state index contributed by atoms with van der Waals surface area (Å²) in [5.41, 5.74) is 0.237. The van der Waals surface area contributed by atoms with E-state index in [4.69, 9.17) is 0 Å². The summed E-state index contributed by atoms with van der Waals surface area (Å²) in [5.74, 6) is 4.28. The summed E-state index contributed by atoms with van der Waals surface area (Å²) < 4.78 is 0. The maximum atomic E-state index is 13.1. The summed E-state index contributed by atoms with van der Waals surface area (Å²) in [7, 11) is 2.05. The highest BCUT2D eigenvalue weighted by atomic mass is 16.2. The summed E-state index contributed by atoms with van der Waals surface area (Å²) in [6.45, 7) is 4.20. The van der Waals surface area contributed by atoms with Crippen molar-refractivity contribution in [3.8, 4) is 0 Å². The molecule has 0 aromatic heterocycles. The van der Waals surface area contributed by atoms with Gasteiger partial charge in [-0.05, 0) is 82.6 Å². The second kappa shape index (κ2) is 4.97. The van der Waals surface area contributed by atoms with Crippen molar-refractivity contribution in [2.24, 2.45) is 29.6 Å². The van der Waals surface area contributed by atoms with E-state index in [1.165, 1.54) is 32.1 Å². The summed E-state index contributed by atoms with van der Waals surface area (Å²) >= 11 is 0. The summed E-state index contributed by atoms with van der Waals surface area (Å²) in [5, 5.41) is 3.43. The quantitative estimate of drug-likeness (QED) is 0.848. The first-order chi connectivity index (χ1) is 10.1. The lowest BCUT2D eigenvalue weighted by atomic mass is 9.51. The zero-order valence-electron chi connectivity index (χ0n) is 13.6. The van der Waals surface area contributed by atoms with Gasteiger partial charge >= 0.3 is 0 Å². The van der Waals surface area contributed by atoms with E-state index < -0.39 is 0 Å².